The number of ether oxygens (including phenoxy) is 1. The number of hydrogen-bond acceptors (Lipinski definition) is 5. The molecule has 6 heteroatoms. The van der Waals surface area contributed by atoms with Gasteiger partial charge in [0.15, 0.2) is 11.6 Å². The molecule has 1 saturated carbocycles. The Kier molecular flexibility index (Phi) is 7.35. The number of carbonyl (C=O) groups is 3. The van der Waals surface area contributed by atoms with Gasteiger partial charge < -0.3 is 15.2 Å². The molecule has 0 bridgehead atoms. The predicted octanol–water partition coefficient (Wildman–Crippen LogP) is 4.30. The van der Waals surface area contributed by atoms with Crippen LogP contribution in [0.25, 0.3) is 11.1 Å². The maximum Gasteiger partial charge on any atom is 0.407 e. The van der Waals surface area contributed by atoms with Crippen LogP contribution in [0.15, 0.2) is 60.7 Å². The standard InChI is InChI=1S/C21H21NO4.C6H8O/c23-19-11-5-10-18(20(19)24)22-21(25)26-12-17-15-8-3-1-6-13(15)14-7-2-4-9-16(14)17;7-6-4-2-1-3-5-6/h1-4,6-9,17-18,20,24H,5,10-12H2,(H,22,25);2,4H,1,3,5H2/t18-,20-;/m0./s1. The van der Waals surface area contributed by atoms with E-state index in [1.54, 1.807) is 6.08 Å². The fourth-order valence-corrected chi connectivity index (χ4v) is 4.66. The lowest BCUT2D eigenvalue weighted by atomic mass is 9.91. The van der Waals surface area contributed by atoms with Gasteiger partial charge in [-0.1, -0.05) is 54.6 Å². The summed E-state index contributed by atoms with van der Waals surface area (Å²) in [6.07, 6.45) is 6.40. The predicted molar refractivity (Wildman–Crippen MR) is 125 cm³/mol. The van der Waals surface area contributed by atoms with E-state index >= 15 is 0 Å². The molecule has 0 unspecified atom stereocenters. The fraction of sp³-hybridized carbons (Fsp3) is 0.370. The smallest absolute Gasteiger partial charge is 0.407 e. The Morgan fingerprint density at radius 2 is 1.64 bits per heavy atom. The number of carbonyl (C=O) groups excluding carboxylic acids is 3. The first-order valence-corrected chi connectivity index (χ1v) is 11.6. The van der Waals surface area contributed by atoms with Gasteiger partial charge in [-0.3, -0.25) is 9.59 Å². The van der Waals surface area contributed by atoms with Crippen LogP contribution >= 0.6 is 0 Å². The van der Waals surface area contributed by atoms with E-state index in [4.69, 9.17) is 4.74 Å². The third-order valence-corrected chi connectivity index (χ3v) is 6.39. The number of rotatable bonds is 3. The number of Topliss-reactive ketones (excluding diaryl/α,β-unsaturated/α-hetero) is 1. The molecule has 3 aliphatic carbocycles. The topological polar surface area (TPSA) is 92.7 Å². The van der Waals surface area contributed by atoms with Crippen molar-refractivity contribution in [1.82, 2.24) is 5.32 Å². The van der Waals surface area contributed by atoms with Gasteiger partial charge in [0.05, 0.1) is 6.04 Å². The van der Waals surface area contributed by atoms with Crippen molar-refractivity contribution in [2.75, 3.05) is 6.61 Å². The summed E-state index contributed by atoms with van der Waals surface area (Å²) in [5.41, 5.74) is 4.64. The fourth-order valence-electron chi connectivity index (χ4n) is 4.66. The van der Waals surface area contributed by atoms with E-state index in [9.17, 15) is 19.5 Å². The maximum absolute atomic E-state index is 12.2. The van der Waals surface area contributed by atoms with Crippen molar-refractivity contribution in [1.29, 1.82) is 0 Å². The van der Waals surface area contributed by atoms with Crippen LogP contribution in [-0.4, -0.2) is 41.5 Å². The average molecular weight is 448 g/mol. The van der Waals surface area contributed by atoms with Gasteiger partial charge in [-0.2, -0.15) is 0 Å². The molecule has 2 aromatic rings. The zero-order valence-corrected chi connectivity index (χ0v) is 18.5. The van der Waals surface area contributed by atoms with Gasteiger partial charge >= 0.3 is 6.09 Å². The molecule has 6 nitrogen and oxygen atoms in total. The Morgan fingerprint density at radius 1 is 0.970 bits per heavy atom. The molecule has 0 aliphatic heterocycles. The number of alkyl carbamates (subject to hydrolysis) is 1. The number of ketones is 2. The van der Waals surface area contributed by atoms with Crippen LogP contribution in [0.3, 0.4) is 0 Å². The molecule has 0 aromatic heterocycles. The minimum absolute atomic E-state index is 0.00828. The molecule has 2 N–H and O–H groups in total. The van der Waals surface area contributed by atoms with E-state index in [1.807, 2.05) is 30.3 Å². The second-order valence-electron chi connectivity index (χ2n) is 8.64. The van der Waals surface area contributed by atoms with Crippen LogP contribution in [0.5, 0.6) is 0 Å². The molecular weight excluding hydrogens is 418 g/mol. The molecule has 1 fully saturated rings. The third-order valence-electron chi connectivity index (χ3n) is 6.39. The summed E-state index contributed by atoms with van der Waals surface area (Å²) in [6, 6.07) is 15.7. The van der Waals surface area contributed by atoms with Crippen molar-refractivity contribution in [2.45, 2.75) is 56.6 Å². The first kappa shape index (κ1) is 22.9. The monoisotopic (exact) mass is 447 g/mol. The van der Waals surface area contributed by atoms with Crippen LogP contribution in [0.4, 0.5) is 4.79 Å². The Morgan fingerprint density at radius 3 is 2.21 bits per heavy atom. The van der Waals surface area contributed by atoms with Crippen molar-refractivity contribution in [3.63, 3.8) is 0 Å². The number of benzene rings is 2. The van der Waals surface area contributed by atoms with Gasteiger partial charge in [-0.15, -0.1) is 0 Å². The number of fused-ring (bicyclic) bond motifs is 3. The number of allylic oxidation sites excluding steroid dienone is 2. The zero-order valence-electron chi connectivity index (χ0n) is 18.5. The number of hydrogen-bond donors (Lipinski definition) is 2. The van der Waals surface area contributed by atoms with Crippen molar-refractivity contribution >= 4 is 17.7 Å². The van der Waals surface area contributed by atoms with Gasteiger partial charge in [0.25, 0.3) is 0 Å². The summed E-state index contributed by atoms with van der Waals surface area (Å²) in [4.78, 5) is 34.2. The van der Waals surface area contributed by atoms with Crippen molar-refractivity contribution in [3.05, 3.63) is 71.8 Å². The molecule has 2 atom stereocenters. The molecule has 0 heterocycles. The summed E-state index contributed by atoms with van der Waals surface area (Å²) < 4.78 is 5.45. The lowest BCUT2D eigenvalue weighted by Gasteiger charge is -2.27. The van der Waals surface area contributed by atoms with Crippen LogP contribution in [0, 0.1) is 0 Å². The highest BCUT2D eigenvalue weighted by atomic mass is 16.5. The molecule has 33 heavy (non-hydrogen) atoms. The van der Waals surface area contributed by atoms with Gasteiger partial charge in [-0.25, -0.2) is 4.79 Å². The molecule has 3 aliphatic rings. The normalized spacial score (nSPS) is 21.5. The zero-order chi connectivity index (χ0) is 23.2. The molecular formula is C27H29NO5. The van der Waals surface area contributed by atoms with Gasteiger partial charge in [0.2, 0.25) is 0 Å². The van der Waals surface area contributed by atoms with E-state index in [2.05, 4.69) is 29.6 Å². The highest BCUT2D eigenvalue weighted by Crippen LogP contribution is 2.44. The summed E-state index contributed by atoms with van der Waals surface area (Å²) in [6.45, 7) is 0.219. The van der Waals surface area contributed by atoms with Gasteiger partial charge in [0, 0.05) is 18.8 Å². The largest absolute Gasteiger partial charge is 0.449 e. The summed E-state index contributed by atoms with van der Waals surface area (Å²) in [5.74, 6) is 0.0532. The highest BCUT2D eigenvalue weighted by Gasteiger charge is 2.32. The van der Waals surface area contributed by atoms with E-state index in [0.29, 0.717) is 19.3 Å². The quantitative estimate of drug-likeness (QED) is 0.732. The summed E-state index contributed by atoms with van der Waals surface area (Å²) >= 11 is 0. The molecule has 172 valence electrons. The Labute approximate surface area is 193 Å². The number of amides is 1. The second kappa shape index (κ2) is 10.6. The van der Waals surface area contributed by atoms with Crippen LogP contribution in [0.2, 0.25) is 0 Å². The molecule has 1 amide bonds. The van der Waals surface area contributed by atoms with Gasteiger partial charge in [-0.05, 0) is 54.0 Å². The Bertz CT molecular complexity index is 1010. The molecule has 2 aromatic carbocycles. The Hall–Kier alpha value is -3.25. The van der Waals surface area contributed by atoms with Gasteiger partial charge in [0.1, 0.15) is 12.7 Å². The van der Waals surface area contributed by atoms with Crippen LogP contribution in [-0.2, 0) is 14.3 Å². The average Bonchev–Trinajstić information content (AvgIpc) is 3.15. The lowest BCUT2D eigenvalue weighted by molar-refractivity contribution is -0.130. The van der Waals surface area contributed by atoms with Crippen molar-refractivity contribution < 1.29 is 24.2 Å². The molecule has 0 saturated heterocycles. The SMILES string of the molecule is O=C(N[C@H]1CCCC(=O)[C@H]1O)OCC1c2ccccc2-c2ccccc21.O=C1C=CCCC1. The minimum Gasteiger partial charge on any atom is -0.449 e. The molecule has 0 spiro atoms. The molecule has 5 rings (SSSR count). The molecule has 0 radical (unpaired) electrons. The first-order valence-electron chi connectivity index (χ1n) is 11.6. The van der Waals surface area contributed by atoms with Crippen LogP contribution < -0.4 is 5.32 Å². The van der Waals surface area contributed by atoms with E-state index in [-0.39, 0.29) is 24.1 Å². The van der Waals surface area contributed by atoms with Crippen molar-refractivity contribution in [3.8, 4) is 11.1 Å². The van der Waals surface area contributed by atoms with E-state index in [0.717, 1.165) is 30.4 Å². The number of aliphatic hydroxyl groups is 1. The van der Waals surface area contributed by atoms with E-state index < -0.39 is 18.2 Å². The number of nitrogens with one attached hydrogen (secondary N) is 1. The first-order chi connectivity index (χ1) is 16.0. The summed E-state index contributed by atoms with van der Waals surface area (Å²) in [5, 5.41) is 12.5. The third kappa shape index (κ3) is 5.40. The summed E-state index contributed by atoms with van der Waals surface area (Å²) in [7, 11) is 0. The second-order valence-corrected chi connectivity index (χ2v) is 8.64. The Balaban J connectivity index is 0.000000318. The lowest BCUT2D eigenvalue weighted by Crippen LogP contribution is -2.49. The van der Waals surface area contributed by atoms with Crippen molar-refractivity contribution in [2.24, 2.45) is 0 Å². The van der Waals surface area contributed by atoms with E-state index in [1.165, 1.54) is 11.1 Å². The minimum atomic E-state index is -1.13. The highest BCUT2D eigenvalue weighted by molar-refractivity contribution is 5.90. The number of aliphatic hydroxyl groups excluding tert-OH is 1. The maximum atomic E-state index is 12.2. The van der Waals surface area contributed by atoms with Crippen LogP contribution in [0.1, 0.15) is 55.6 Å².